The Bertz CT molecular complexity index is 193. The topological polar surface area (TPSA) is 30.5 Å². The van der Waals surface area contributed by atoms with Gasteiger partial charge in [0.15, 0.2) is 0 Å². The third kappa shape index (κ3) is 4.23. The Labute approximate surface area is 106 Å². The van der Waals surface area contributed by atoms with Crippen molar-refractivity contribution in [1.29, 1.82) is 0 Å². The average Bonchev–Trinajstić information content (AvgIpc) is 2.28. The molecule has 1 saturated carbocycles. The fraction of sp³-hybridized carbons (Fsp3) is 1.00. The van der Waals surface area contributed by atoms with Crippen LogP contribution in [0.3, 0.4) is 0 Å². The van der Waals surface area contributed by atoms with Crippen LogP contribution < -0.4 is 5.32 Å². The summed E-state index contributed by atoms with van der Waals surface area (Å²) in [5.74, 6) is 0. The lowest BCUT2D eigenvalue weighted by atomic mass is 9.84. The zero-order valence-electron chi connectivity index (χ0n) is 11.9. The standard InChI is InChI=1S/C14H29NO2/c1-5-8-11(9-6-2)15-12-10-13(17-7-3)14(12)16-4/h11-15H,5-10H2,1-4H3/t12-,13+,14+/m1/s1. The van der Waals surface area contributed by atoms with E-state index in [0.717, 1.165) is 13.0 Å². The van der Waals surface area contributed by atoms with Crippen LogP contribution in [0.4, 0.5) is 0 Å². The van der Waals surface area contributed by atoms with Crippen LogP contribution in [0.1, 0.15) is 52.9 Å². The number of methoxy groups -OCH3 is 1. The fourth-order valence-electron chi connectivity index (χ4n) is 2.75. The summed E-state index contributed by atoms with van der Waals surface area (Å²) in [6.07, 6.45) is 6.65. The molecule has 0 bridgehead atoms. The van der Waals surface area contributed by atoms with Crippen LogP contribution in [0.5, 0.6) is 0 Å². The first-order valence-corrected chi connectivity index (χ1v) is 7.17. The predicted octanol–water partition coefficient (Wildman–Crippen LogP) is 2.74. The molecule has 17 heavy (non-hydrogen) atoms. The summed E-state index contributed by atoms with van der Waals surface area (Å²) in [6, 6.07) is 1.13. The van der Waals surface area contributed by atoms with Gasteiger partial charge < -0.3 is 14.8 Å². The van der Waals surface area contributed by atoms with Crippen molar-refractivity contribution in [2.45, 2.75) is 77.2 Å². The summed E-state index contributed by atoms with van der Waals surface area (Å²) < 4.78 is 11.2. The third-order valence-corrected chi connectivity index (χ3v) is 3.63. The molecule has 3 heteroatoms. The lowest BCUT2D eigenvalue weighted by Crippen LogP contribution is -2.61. The van der Waals surface area contributed by atoms with Crippen molar-refractivity contribution in [2.75, 3.05) is 13.7 Å². The zero-order chi connectivity index (χ0) is 12.7. The van der Waals surface area contributed by atoms with Gasteiger partial charge in [-0.1, -0.05) is 26.7 Å². The third-order valence-electron chi connectivity index (χ3n) is 3.63. The molecule has 0 unspecified atom stereocenters. The molecule has 0 amide bonds. The summed E-state index contributed by atoms with van der Waals surface area (Å²) in [5, 5.41) is 3.74. The van der Waals surface area contributed by atoms with Crippen molar-refractivity contribution in [3.8, 4) is 0 Å². The molecule has 0 spiro atoms. The molecule has 0 heterocycles. The Balaban J connectivity index is 2.35. The van der Waals surface area contributed by atoms with Crippen molar-refractivity contribution in [1.82, 2.24) is 5.32 Å². The van der Waals surface area contributed by atoms with E-state index < -0.39 is 0 Å². The van der Waals surface area contributed by atoms with Gasteiger partial charge in [-0.15, -0.1) is 0 Å². The van der Waals surface area contributed by atoms with E-state index in [4.69, 9.17) is 9.47 Å². The Morgan fingerprint density at radius 1 is 1.18 bits per heavy atom. The second-order valence-electron chi connectivity index (χ2n) is 4.98. The number of hydrogen-bond acceptors (Lipinski definition) is 3. The molecule has 1 fully saturated rings. The molecule has 0 radical (unpaired) electrons. The zero-order valence-corrected chi connectivity index (χ0v) is 11.9. The lowest BCUT2D eigenvalue weighted by molar-refractivity contribution is -0.133. The lowest BCUT2D eigenvalue weighted by Gasteiger charge is -2.45. The van der Waals surface area contributed by atoms with Gasteiger partial charge in [-0.3, -0.25) is 0 Å². The van der Waals surface area contributed by atoms with E-state index in [-0.39, 0.29) is 6.10 Å². The van der Waals surface area contributed by atoms with Crippen molar-refractivity contribution in [2.24, 2.45) is 0 Å². The summed E-state index contributed by atoms with van der Waals surface area (Å²) in [7, 11) is 1.79. The minimum absolute atomic E-state index is 0.242. The minimum atomic E-state index is 0.242. The molecular formula is C14H29NO2. The van der Waals surface area contributed by atoms with Crippen molar-refractivity contribution >= 4 is 0 Å². The summed E-state index contributed by atoms with van der Waals surface area (Å²) in [5.41, 5.74) is 0. The molecule has 1 N–H and O–H groups in total. The molecule has 3 nitrogen and oxygen atoms in total. The molecule has 102 valence electrons. The second kappa shape index (κ2) is 8.06. The molecule has 0 aliphatic heterocycles. The van der Waals surface area contributed by atoms with Crippen molar-refractivity contribution in [3.05, 3.63) is 0 Å². The summed E-state index contributed by atoms with van der Waals surface area (Å²) >= 11 is 0. The van der Waals surface area contributed by atoms with Crippen LogP contribution in [-0.4, -0.2) is 38.0 Å². The largest absolute Gasteiger partial charge is 0.377 e. The van der Waals surface area contributed by atoms with Crippen LogP contribution in [0, 0.1) is 0 Å². The van der Waals surface area contributed by atoms with E-state index in [2.05, 4.69) is 19.2 Å². The van der Waals surface area contributed by atoms with Gasteiger partial charge in [-0.2, -0.15) is 0 Å². The predicted molar refractivity (Wildman–Crippen MR) is 71.4 cm³/mol. The van der Waals surface area contributed by atoms with Crippen LogP contribution in [-0.2, 0) is 9.47 Å². The molecule has 3 atom stereocenters. The van der Waals surface area contributed by atoms with Crippen molar-refractivity contribution < 1.29 is 9.47 Å². The smallest absolute Gasteiger partial charge is 0.0986 e. The maximum Gasteiger partial charge on any atom is 0.0986 e. The first-order valence-electron chi connectivity index (χ1n) is 7.17. The quantitative estimate of drug-likeness (QED) is 0.675. The summed E-state index contributed by atoms with van der Waals surface area (Å²) in [4.78, 5) is 0. The molecule has 0 aromatic carbocycles. The first-order chi connectivity index (χ1) is 8.26. The highest BCUT2D eigenvalue weighted by atomic mass is 16.5. The van der Waals surface area contributed by atoms with Crippen molar-refractivity contribution in [3.63, 3.8) is 0 Å². The van der Waals surface area contributed by atoms with E-state index in [0.29, 0.717) is 18.2 Å². The number of ether oxygens (including phenoxy) is 2. The van der Waals surface area contributed by atoms with Gasteiger partial charge in [0.2, 0.25) is 0 Å². The van der Waals surface area contributed by atoms with Crippen LogP contribution in [0.2, 0.25) is 0 Å². The number of hydrogen-bond donors (Lipinski definition) is 1. The van der Waals surface area contributed by atoms with E-state index in [1.54, 1.807) is 7.11 Å². The minimum Gasteiger partial charge on any atom is -0.377 e. The first kappa shape index (κ1) is 14.9. The molecule has 0 aromatic heterocycles. The summed E-state index contributed by atoms with van der Waals surface area (Å²) in [6.45, 7) is 7.33. The van der Waals surface area contributed by atoms with Gasteiger partial charge in [0.05, 0.1) is 12.2 Å². The van der Waals surface area contributed by atoms with Gasteiger partial charge in [0, 0.05) is 25.8 Å². The van der Waals surface area contributed by atoms with E-state index in [1.165, 1.54) is 25.7 Å². The Morgan fingerprint density at radius 2 is 1.82 bits per heavy atom. The van der Waals surface area contributed by atoms with Crippen LogP contribution in [0.25, 0.3) is 0 Å². The van der Waals surface area contributed by atoms with Gasteiger partial charge in [0.1, 0.15) is 0 Å². The molecule has 1 aliphatic rings. The van der Waals surface area contributed by atoms with Gasteiger partial charge in [0.25, 0.3) is 0 Å². The molecular weight excluding hydrogens is 214 g/mol. The maximum atomic E-state index is 5.65. The van der Waals surface area contributed by atoms with Crippen LogP contribution in [0.15, 0.2) is 0 Å². The normalized spacial score (nSPS) is 28.4. The van der Waals surface area contributed by atoms with E-state index >= 15 is 0 Å². The SMILES string of the molecule is CCCC(CCC)N[C@@H]1C[C@H](OCC)[C@H]1OC. The molecule has 0 aromatic rings. The number of rotatable bonds is 9. The van der Waals surface area contributed by atoms with Gasteiger partial charge >= 0.3 is 0 Å². The highest BCUT2D eigenvalue weighted by molar-refractivity contribution is 4.98. The highest BCUT2D eigenvalue weighted by Gasteiger charge is 2.42. The Kier molecular flexibility index (Phi) is 7.09. The second-order valence-corrected chi connectivity index (χ2v) is 4.98. The van der Waals surface area contributed by atoms with Gasteiger partial charge in [-0.25, -0.2) is 0 Å². The monoisotopic (exact) mass is 243 g/mol. The van der Waals surface area contributed by atoms with Gasteiger partial charge in [-0.05, 0) is 26.2 Å². The molecule has 1 aliphatic carbocycles. The van der Waals surface area contributed by atoms with E-state index in [9.17, 15) is 0 Å². The maximum absolute atomic E-state index is 5.65. The average molecular weight is 243 g/mol. The molecule has 0 saturated heterocycles. The highest BCUT2D eigenvalue weighted by Crippen LogP contribution is 2.28. The fourth-order valence-corrected chi connectivity index (χ4v) is 2.75. The Morgan fingerprint density at radius 3 is 2.29 bits per heavy atom. The van der Waals surface area contributed by atoms with E-state index in [1.807, 2.05) is 6.92 Å². The van der Waals surface area contributed by atoms with Crippen LogP contribution >= 0.6 is 0 Å². The molecule has 1 rings (SSSR count). The Hall–Kier alpha value is -0.120. The number of nitrogens with one attached hydrogen (secondary N) is 1.